The molecule has 2 amide bonds. The van der Waals surface area contributed by atoms with Gasteiger partial charge in [-0.3, -0.25) is 14.5 Å². The van der Waals surface area contributed by atoms with Crippen LogP contribution in [0.15, 0.2) is 36.5 Å². The van der Waals surface area contributed by atoms with Crippen molar-refractivity contribution < 1.29 is 14.3 Å². The number of hydrogen-bond acceptors (Lipinski definition) is 6. The Balaban J connectivity index is 1.34. The Hall–Kier alpha value is -3.13. The predicted molar refractivity (Wildman–Crippen MR) is 106 cm³/mol. The van der Waals surface area contributed by atoms with Gasteiger partial charge >= 0.3 is 0 Å². The van der Waals surface area contributed by atoms with E-state index in [-0.39, 0.29) is 18.4 Å². The van der Waals surface area contributed by atoms with Gasteiger partial charge in [0.15, 0.2) is 6.61 Å². The van der Waals surface area contributed by atoms with Gasteiger partial charge in [-0.05, 0) is 29.8 Å². The quantitative estimate of drug-likeness (QED) is 0.825. The summed E-state index contributed by atoms with van der Waals surface area (Å²) in [4.78, 5) is 32.0. The van der Waals surface area contributed by atoms with Crippen molar-refractivity contribution in [3.8, 4) is 5.75 Å². The van der Waals surface area contributed by atoms with Crippen molar-refractivity contribution >= 4 is 23.2 Å². The second kappa shape index (κ2) is 7.85. The van der Waals surface area contributed by atoms with Gasteiger partial charge in [-0.2, -0.15) is 0 Å². The first-order valence-corrected chi connectivity index (χ1v) is 9.33. The fourth-order valence-corrected chi connectivity index (χ4v) is 3.49. The maximum absolute atomic E-state index is 11.6. The van der Waals surface area contributed by atoms with E-state index in [1.165, 1.54) is 0 Å². The molecule has 1 saturated heterocycles. The van der Waals surface area contributed by atoms with Crippen molar-refractivity contribution in [1.82, 2.24) is 15.2 Å². The summed E-state index contributed by atoms with van der Waals surface area (Å²) < 4.78 is 5.41. The molecule has 2 aliphatic rings. The molecule has 0 radical (unpaired) electrons. The van der Waals surface area contributed by atoms with Crippen molar-refractivity contribution in [1.29, 1.82) is 0 Å². The number of pyridine rings is 1. The summed E-state index contributed by atoms with van der Waals surface area (Å²) in [6.45, 7) is 4.55. The van der Waals surface area contributed by atoms with Gasteiger partial charge in [0.2, 0.25) is 0 Å². The summed E-state index contributed by atoms with van der Waals surface area (Å²) in [6, 6.07) is 9.65. The molecule has 28 heavy (non-hydrogen) atoms. The number of ether oxygens (including phenoxy) is 1. The van der Waals surface area contributed by atoms with E-state index < -0.39 is 0 Å². The van der Waals surface area contributed by atoms with Crippen LogP contribution in [-0.2, 0) is 11.3 Å². The van der Waals surface area contributed by atoms with Crippen LogP contribution >= 0.6 is 0 Å². The Morgan fingerprint density at radius 2 is 2.04 bits per heavy atom. The zero-order chi connectivity index (χ0) is 19.5. The number of rotatable bonds is 4. The second-order valence-corrected chi connectivity index (χ2v) is 6.91. The van der Waals surface area contributed by atoms with Crippen LogP contribution in [0.5, 0.6) is 5.75 Å². The largest absolute Gasteiger partial charge is 0.482 e. The number of benzene rings is 1. The van der Waals surface area contributed by atoms with Crippen molar-refractivity contribution in [2.75, 3.05) is 50.1 Å². The molecule has 2 aliphatic heterocycles. The highest BCUT2D eigenvalue weighted by Crippen LogP contribution is 2.29. The Kier molecular flexibility index (Phi) is 5.12. The van der Waals surface area contributed by atoms with Crippen LogP contribution in [0.1, 0.15) is 16.1 Å². The third kappa shape index (κ3) is 3.91. The van der Waals surface area contributed by atoms with E-state index in [4.69, 9.17) is 4.74 Å². The Morgan fingerprint density at radius 3 is 2.75 bits per heavy atom. The molecule has 1 fully saturated rings. The Bertz CT molecular complexity index is 876. The molecule has 1 aromatic carbocycles. The topological polar surface area (TPSA) is 86.8 Å². The monoisotopic (exact) mass is 381 g/mol. The summed E-state index contributed by atoms with van der Waals surface area (Å²) in [5.74, 6) is 0.429. The summed E-state index contributed by atoms with van der Waals surface area (Å²) >= 11 is 0. The average molecular weight is 381 g/mol. The van der Waals surface area contributed by atoms with E-state index in [1.807, 2.05) is 24.3 Å². The Labute approximate surface area is 163 Å². The lowest BCUT2D eigenvalue weighted by Crippen LogP contribution is -2.46. The molecule has 8 nitrogen and oxygen atoms in total. The molecule has 2 aromatic rings. The van der Waals surface area contributed by atoms with E-state index in [2.05, 4.69) is 25.4 Å². The third-order valence-corrected chi connectivity index (χ3v) is 5.03. The van der Waals surface area contributed by atoms with Gasteiger partial charge in [-0.1, -0.05) is 6.07 Å². The molecule has 2 N–H and O–H groups in total. The molecule has 8 heteroatoms. The van der Waals surface area contributed by atoms with Gasteiger partial charge in [0.05, 0.1) is 17.6 Å². The minimum atomic E-state index is -0.178. The van der Waals surface area contributed by atoms with Crippen LogP contribution in [0.25, 0.3) is 0 Å². The van der Waals surface area contributed by atoms with Gasteiger partial charge in [0, 0.05) is 39.8 Å². The summed E-state index contributed by atoms with van der Waals surface area (Å²) in [5, 5.41) is 5.43. The second-order valence-electron chi connectivity index (χ2n) is 6.91. The van der Waals surface area contributed by atoms with E-state index in [1.54, 1.807) is 19.3 Å². The summed E-state index contributed by atoms with van der Waals surface area (Å²) in [6.07, 6.45) is 1.76. The molecule has 0 saturated carbocycles. The number of fused-ring (bicyclic) bond motifs is 1. The highest BCUT2D eigenvalue weighted by Gasteiger charge is 2.20. The molecule has 0 unspecified atom stereocenters. The molecule has 146 valence electrons. The van der Waals surface area contributed by atoms with Gasteiger partial charge in [0.1, 0.15) is 11.4 Å². The number of nitrogens with zero attached hydrogens (tertiary/aromatic N) is 3. The number of piperazine rings is 1. The molecule has 0 bridgehead atoms. The van der Waals surface area contributed by atoms with E-state index in [0.29, 0.717) is 5.69 Å². The molecule has 3 heterocycles. The van der Waals surface area contributed by atoms with E-state index >= 15 is 0 Å². The average Bonchev–Trinajstić information content (AvgIpc) is 2.73. The normalized spacial score (nSPS) is 16.8. The van der Waals surface area contributed by atoms with Gasteiger partial charge in [-0.25, -0.2) is 4.98 Å². The van der Waals surface area contributed by atoms with E-state index in [9.17, 15) is 9.59 Å². The molecular weight excluding hydrogens is 358 g/mol. The predicted octanol–water partition coefficient (Wildman–Crippen LogP) is 1.09. The molecule has 1 aromatic heterocycles. The highest BCUT2D eigenvalue weighted by molar-refractivity contribution is 5.95. The van der Waals surface area contributed by atoms with Crippen LogP contribution in [0.3, 0.4) is 0 Å². The number of amides is 2. The Morgan fingerprint density at radius 1 is 1.21 bits per heavy atom. The number of nitrogens with one attached hydrogen (secondary N) is 2. The smallest absolute Gasteiger partial charge is 0.269 e. The summed E-state index contributed by atoms with van der Waals surface area (Å²) in [7, 11) is 1.60. The van der Waals surface area contributed by atoms with Crippen molar-refractivity contribution in [2.24, 2.45) is 0 Å². The molecule has 0 atom stereocenters. The maximum Gasteiger partial charge on any atom is 0.269 e. The van der Waals surface area contributed by atoms with Gasteiger partial charge in [0.25, 0.3) is 11.8 Å². The maximum atomic E-state index is 11.6. The van der Waals surface area contributed by atoms with Crippen molar-refractivity contribution in [3.63, 3.8) is 0 Å². The molecule has 4 rings (SSSR count). The zero-order valence-corrected chi connectivity index (χ0v) is 15.8. The van der Waals surface area contributed by atoms with Crippen molar-refractivity contribution in [2.45, 2.75) is 6.54 Å². The number of carbonyl (C=O) groups excluding carboxylic acids is 2. The van der Waals surface area contributed by atoms with Crippen LogP contribution in [0, 0.1) is 0 Å². The number of anilines is 2. The van der Waals surface area contributed by atoms with Crippen molar-refractivity contribution in [3.05, 3.63) is 47.8 Å². The SMILES string of the molecule is CNC(=O)c1ccc(N2CCN(Cc3ccc4c(c3)NC(=O)CO4)CC2)cn1. The lowest BCUT2D eigenvalue weighted by atomic mass is 10.1. The molecule has 0 spiro atoms. The molecular formula is C20H23N5O3. The lowest BCUT2D eigenvalue weighted by molar-refractivity contribution is -0.118. The fourth-order valence-electron chi connectivity index (χ4n) is 3.49. The first kappa shape index (κ1) is 18.2. The first-order chi connectivity index (χ1) is 13.6. The standard InChI is InChI=1S/C20H23N5O3/c1-21-20(27)16-4-3-15(11-22-16)25-8-6-24(7-9-25)12-14-2-5-18-17(10-14)23-19(26)13-28-18/h2-5,10-11H,6-9,12-13H2,1H3,(H,21,27)(H,23,26). The van der Waals surface area contributed by atoms with Crippen LogP contribution in [0.2, 0.25) is 0 Å². The lowest BCUT2D eigenvalue weighted by Gasteiger charge is -2.36. The van der Waals surface area contributed by atoms with E-state index in [0.717, 1.165) is 55.4 Å². The number of aromatic nitrogens is 1. The minimum Gasteiger partial charge on any atom is -0.482 e. The minimum absolute atomic E-state index is 0.0766. The first-order valence-electron chi connectivity index (χ1n) is 9.33. The summed E-state index contributed by atoms with van der Waals surface area (Å²) in [5.41, 5.74) is 3.35. The van der Waals surface area contributed by atoms with Gasteiger partial charge in [-0.15, -0.1) is 0 Å². The number of hydrogen-bond donors (Lipinski definition) is 2. The third-order valence-electron chi connectivity index (χ3n) is 5.03. The molecule has 0 aliphatic carbocycles. The van der Waals surface area contributed by atoms with Crippen LogP contribution in [-0.4, -0.2) is 61.5 Å². The van der Waals surface area contributed by atoms with Crippen LogP contribution in [0.4, 0.5) is 11.4 Å². The van der Waals surface area contributed by atoms with Gasteiger partial charge < -0.3 is 20.3 Å². The zero-order valence-electron chi connectivity index (χ0n) is 15.8. The highest BCUT2D eigenvalue weighted by atomic mass is 16.5. The van der Waals surface area contributed by atoms with Crippen LogP contribution < -0.4 is 20.3 Å². The fraction of sp³-hybridized carbons (Fsp3) is 0.350. The number of carbonyl (C=O) groups is 2.